The molecule has 0 aromatic heterocycles. The van der Waals surface area contributed by atoms with E-state index in [0.29, 0.717) is 21.0 Å². The van der Waals surface area contributed by atoms with Crippen molar-refractivity contribution in [2.75, 3.05) is 5.88 Å². The molecule has 1 heterocycles. The summed E-state index contributed by atoms with van der Waals surface area (Å²) in [5.41, 5.74) is 4.00. The number of hydrazone groups is 1. The van der Waals surface area contributed by atoms with E-state index in [1.807, 2.05) is 0 Å². The number of rotatable bonds is 4. The Morgan fingerprint density at radius 2 is 1.72 bits per heavy atom. The van der Waals surface area contributed by atoms with Gasteiger partial charge in [-0.2, -0.15) is 5.10 Å². The molecule has 0 aliphatic carbocycles. The van der Waals surface area contributed by atoms with Crippen molar-refractivity contribution >= 4 is 46.3 Å². The number of thioether (sulfide) groups is 1. The van der Waals surface area contributed by atoms with Crippen molar-refractivity contribution < 1.29 is 14.7 Å². The van der Waals surface area contributed by atoms with Gasteiger partial charge in [0.25, 0.3) is 11.8 Å². The molecular formula is C17H13N3O3S2. The molecule has 2 aromatic carbocycles. The molecule has 126 valence electrons. The summed E-state index contributed by atoms with van der Waals surface area (Å²) in [7, 11) is 0. The van der Waals surface area contributed by atoms with Gasteiger partial charge in [-0.05, 0) is 24.3 Å². The number of carbonyl (C=O) groups is 2. The topological polar surface area (TPSA) is 82.0 Å². The molecule has 0 atom stereocenters. The molecule has 2 aromatic rings. The molecule has 0 saturated carbocycles. The van der Waals surface area contributed by atoms with Crippen molar-refractivity contribution in [1.82, 2.24) is 10.3 Å². The van der Waals surface area contributed by atoms with E-state index in [0.717, 1.165) is 16.7 Å². The molecule has 3 rings (SSSR count). The van der Waals surface area contributed by atoms with Crippen molar-refractivity contribution in [2.24, 2.45) is 5.10 Å². The lowest BCUT2D eigenvalue weighted by molar-refractivity contribution is 0.0684. The molecule has 1 aliphatic rings. The summed E-state index contributed by atoms with van der Waals surface area (Å²) in [6.45, 7) is 0. The quantitative estimate of drug-likeness (QED) is 0.372. The lowest BCUT2D eigenvalue weighted by Gasteiger charge is -2.13. The average molecular weight is 371 g/mol. The Labute approximate surface area is 153 Å². The largest absolute Gasteiger partial charge is 0.507 e. The third-order valence-electron chi connectivity index (χ3n) is 3.50. The van der Waals surface area contributed by atoms with Gasteiger partial charge in [0.05, 0.1) is 23.2 Å². The third-order valence-corrected chi connectivity index (χ3v) is 4.68. The maximum absolute atomic E-state index is 12.2. The van der Waals surface area contributed by atoms with Crippen molar-refractivity contribution in [3.05, 3.63) is 65.2 Å². The first-order valence-electron chi connectivity index (χ1n) is 7.27. The van der Waals surface area contributed by atoms with Crippen molar-refractivity contribution in [3.63, 3.8) is 0 Å². The Morgan fingerprint density at radius 1 is 1.12 bits per heavy atom. The number of amides is 2. The Morgan fingerprint density at radius 3 is 2.36 bits per heavy atom. The zero-order chi connectivity index (χ0) is 17.8. The Bertz CT molecular complexity index is 848. The number of imide groups is 1. The second kappa shape index (κ2) is 7.45. The summed E-state index contributed by atoms with van der Waals surface area (Å²) < 4.78 is 0.309. The number of thiocarbonyl (C=S) groups is 1. The van der Waals surface area contributed by atoms with Gasteiger partial charge in [0.1, 0.15) is 5.75 Å². The second-order valence-electron chi connectivity index (χ2n) is 5.07. The van der Waals surface area contributed by atoms with Crippen LogP contribution >= 0.6 is 24.0 Å². The molecule has 2 N–H and O–H groups in total. The van der Waals surface area contributed by atoms with Gasteiger partial charge < -0.3 is 5.11 Å². The van der Waals surface area contributed by atoms with Crippen molar-refractivity contribution in [2.45, 2.75) is 0 Å². The Kier molecular flexibility index (Phi) is 5.11. The van der Waals surface area contributed by atoms with Gasteiger partial charge in [-0.25, -0.2) is 0 Å². The summed E-state index contributed by atoms with van der Waals surface area (Å²) in [6.07, 6.45) is 1.43. The summed E-state index contributed by atoms with van der Waals surface area (Å²) in [5, 5.41) is 13.6. The van der Waals surface area contributed by atoms with Crippen LogP contribution in [0.25, 0.3) is 0 Å². The fourth-order valence-corrected chi connectivity index (χ4v) is 3.07. The first kappa shape index (κ1) is 17.1. The van der Waals surface area contributed by atoms with Gasteiger partial charge in [-0.1, -0.05) is 48.2 Å². The number of phenols is 1. The van der Waals surface area contributed by atoms with E-state index in [1.165, 1.54) is 6.21 Å². The number of fused-ring (bicyclic) bond motifs is 1. The third kappa shape index (κ3) is 3.70. The minimum Gasteiger partial charge on any atom is -0.507 e. The van der Waals surface area contributed by atoms with Crippen LogP contribution in [0, 0.1) is 0 Å². The maximum atomic E-state index is 12.2. The first-order valence-corrected chi connectivity index (χ1v) is 8.66. The molecule has 0 saturated heterocycles. The van der Waals surface area contributed by atoms with E-state index in [9.17, 15) is 14.7 Å². The van der Waals surface area contributed by atoms with Gasteiger partial charge in [0.2, 0.25) is 0 Å². The fourth-order valence-electron chi connectivity index (χ4n) is 2.26. The SMILES string of the molecule is O=C1c2ccccc2C(=O)N1CSC(=S)N/N=C/c1ccccc1O. The fraction of sp³-hybridized carbons (Fsp3) is 0.0588. The molecule has 0 fully saturated rings. The zero-order valence-electron chi connectivity index (χ0n) is 12.9. The van der Waals surface area contributed by atoms with E-state index in [4.69, 9.17) is 12.2 Å². The average Bonchev–Trinajstić information content (AvgIpc) is 2.86. The van der Waals surface area contributed by atoms with Crippen LogP contribution in [0.5, 0.6) is 5.75 Å². The molecule has 0 spiro atoms. The van der Waals surface area contributed by atoms with Crippen molar-refractivity contribution in [3.8, 4) is 5.75 Å². The molecule has 0 radical (unpaired) electrons. The highest BCUT2D eigenvalue weighted by atomic mass is 32.2. The van der Waals surface area contributed by atoms with E-state index >= 15 is 0 Å². The molecule has 8 heteroatoms. The van der Waals surface area contributed by atoms with Gasteiger partial charge in [0, 0.05) is 5.56 Å². The zero-order valence-corrected chi connectivity index (χ0v) is 14.5. The lowest BCUT2D eigenvalue weighted by atomic mass is 10.1. The van der Waals surface area contributed by atoms with Crippen molar-refractivity contribution in [1.29, 1.82) is 0 Å². The van der Waals surface area contributed by atoms with Crippen LogP contribution in [0.15, 0.2) is 53.6 Å². The number of aromatic hydroxyl groups is 1. The van der Waals surface area contributed by atoms with Gasteiger partial charge in [-0.15, -0.1) is 0 Å². The number of hydrogen-bond donors (Lipinski definition) is 2. The minimum atomic E-state index is -0.325. The number of carbonyl (C=O) groups excluding carboxylic acids is 2. The number of nitrogens with zero attached hydrogens (tertiary/aromatic N) is 2. The van der Waals surface area contributed by atoms with Crippen LogP contribution in [0.1, 0.15) is 26.3 Å². The predicted octanol–water partition coefficient (Wildman–Crippen LogP) is 2.59. The normalized spacial score (nSPS) is 13.4. The Balaban J connectivity index is 1.54. The number of nitrogens with one attached hydrogen (secondary N) is 1. The summed E-state index contributed by atoms with van der Waals surface area (Å²) >= 11 is 6.25. The van der Waals surface area contributed by atoms with E-state index in [-0.39, 0.29) is 23.4 Å². The highest BCUT2D eigenvalue weighted by Crippen LogP contribution is 2.24. The number of para-hydroxylation sites is 1. The first-order chi connectivity index (χ1) is 12.1. The second-order valence-corrected chi connectivity index (χ2v) is 6.70. The molecule has 1 aliphatic heterocycles. The predicted molar refractivity (Wildman–Crippen MR) is 101 cm³/mol. The van der Waals surface area contributed by atoms with Gasteiger partial charge in [0.15, 0.2) is 4.32 Å². The van der Waals surface area contributed by atoms with E-state index in [2.05, 4.69) is 10.5 Å². The summed E-state index contributed by atoms with van der Waals surface area (Å²) in [4.78, 5) is 25.6. The highest BCUT2D eigenvalue weighted by molar-refractivity contribution is 8.22. The summed E-state index contributed by atoms with van der Waals surface area (Å²) in [5.74, 6) is -0.440. The van der Waals surface area contributed by atoms with Crippen LogP contribution in [-0.4, -0.2) is 38.2 Å². The van der Waals surface area contributed by atoms with E-state index < -0.39 is 0 Å². The van der Waals surface area contributed by atoms with Crippen LogP contribution in [0.2, 0.25) is 0 Å². The van der Waals surface area contributed by atoms with Crippen LogP contribution < -0.4 is 5.43 Å². The van der Waals surface area contributed by atoms with E-state index in [1.54, 1.807) is 48.5 Å². The lowest BCUT2D eigenvalue weighted by Crippen LogP contribution is -2.30. The Hall–Kier alpha value is -2.71. The number of benzene rings is 2. The molecule has 6 nitrogen and oxygen atoms in total. The number of hydrogen-bond acceptors (Lipinski definition) is 6. The monoisotopic (exact) mass is 371 g/mol. The smallest absolute Gasteiger partial charge is 0.262 e. The standard InChI is InChI=1S/C17H13N3O3S2/c21-14-8-4-1-5-11(14)9-18-19-17(24)25-10-20-15(22)12-6-2-3-7-13(12)16(20)23/h1-9,21H,10H2,(H,19,24)/b18-9+. The van der Waals surface area contributed by atoms with Gasteiger partial charge in [-0.3, -0.25) is 19.9 Å². The molecule has 0 bridgehead atoms. The molecule has 2 amide bonds. The molecular weight excluding hydrogens is 358 g/mol. The minimum absolute atomic E-state index is 0.101. The van der Waals surface area contributed by atoms with Gasteiger partial charge >= 0.3 is 0 Å². The summed E-state index contributed by atoms with van der Waals surface area (Å²) in [6, 6.07) is 13.5. The van der Waals surface area contributed by atoms with Crippen LogP contribution in [0.4, 0.5) is 0 Å². The molecule has 0 unspecified atom stereocenters. The number of phenolic OH excluding ortho intramolecular Hbond substituents is 1. The maximum Gasteiger partial charge on any atom is 0.262 e. The highest BCUT2D eigenvalue weighted by Gasteiger charge is 2.34. The molecule has 25 heavy (non-hydrogen) atoms. The van der Waals surface area contributed by atoms with Crippen LogP contribution in [-0.2, 0) is 0 Å². The van der Waals surface area contributed by atoms with Crippen LogP contribution in [0.3, 0.4) is 0 Å².